The molecular formula is C15H18ClN3OS. The van der Waals surface area contributed by atoms with E-state index in [0.29, 0.717) is 5.02 Å². The molecule has 0 bridgehead atoms. The molecule has 1 aromatic heterocycles. The van der Waals surface area contributed by atoms with Crippen LogP contribution in [-0.4, -0.2) is 17.4 Å². The zero-order valence-electron chi connectivity index (χ0n) is 12.2. The van der Waals surface area contributed by atoms with Gasteiger partial charge in [-0.05, 0) is 38.5 Å². The van der Waals surface area contributed by atoms with Crippen LogP contribution in [0.1, 0.15) is 29.2 Å². The highest BCUT2D eigenvalue weighted by Gasteiger charge is 2.11. The van der Waals surface area contributed by atoms with Gasteiger partial charge < -0.3 is 5.32 Å². The molecule has 1 atom stereocenters. The third kappa shape index (κ3) is 4.52. The summed E-state index contributed by atoms with van der Waals surface area (Å²) in [6, 6.07) is 5.49. The molecule has 1 unspecified atom stereocenters. The first kappa shape index (κ1) is 15.9. The number of anilines is 1. The van der Waals surface area contributed by atoms with Crippen molar-refractivity contribution in [3.05, 3.63) is 44.9 Å². The number of hydrogen-bond donors (Lipinski definition) is 2. The minimum Gasteiger partial charge on any atom is -0.325 e. The van der Waals surface area contributed by atoms with Crippen molar-refractivity contribution in [2.24, 2.45) is 0 Å². The van der Waals surface area contributed by atoms with E-state index in [4.69, 9.17) is 11.6 Å². The lowest BCUT2D eigenvalue weighted by atomic mass is 10.2. The smallest absolute Gasteiger partial charge is 0.238 e. The van der Waals surface area contributed by atoms with Crippen molar-refractivity contribution in [3.8, 4) is 0 Å². The second-order valence-corrected chi connectivity index (χ2v) is 6.26. The van der Waals surface area contributed by atoms with Gasteiger partial charge in [0.2, 0.25) is 5.91 Å². The highest BCUT2D eigenvalue weighted by molar-refractivity contribution is 7.09. The number of amides is 1. The monoisotopic (exact) mass is 323 g/mol. The SMILES string of the molecule is Cc1csc(C(C)NCC(=O)Nc2cc(Cl)ccc2C)n1. The molecule has 0 radical (unpaired) electrons. The number of carbonyl (C=O) groups excluding carboxylic acids is 1. The Bertz CT molecular complexity index is 642. The van der Waals surface area contributed by atoms with Gasteiger partial charge in [-0.1, -0.05) is 17.7 Å². The van der Waals surface area contributed by atoms with Crippen LogP contribution in [-0.2, 0) is 4.79 Å². The molecule has 1 aromatic carbocycles. The van der Waals surface area contributed by atoms with E-state index in [9.17, 15) is 4.79 Å². The molecule has 0 aliphatic heterocycles. The lowest BCUT2D eigenvalue weighted by molar-refractivity contribution is -0.115. The largest absolute Gasteiger partial charge is 0.325 e. The number of benzene rings is 1. The van der Waals surface area contributed by atoms with Crippen molar-refractivity contribution in [1.29, 1.82) is 0 Å². The molecule has 0 fully saturated rings. The average Bonchev–Trinajstić information content (AvgIpc) is 2.87. The van der Waals surface area contributed by atoms with Crippen LogP contribution in [0.2, 0.25) is 5.02 Å². The summed E-state index contributed by atoms with van der Waals surface area (Å²) in [6.45, 7) is 6.11. The van der Waals surface area contributed by atoms with Crippen LogP contribution in [0.4, 0.5) is 5.69 Å². The van der Waals surface area contributed by atoms with Crippen LogP contribution in [0, 0.1) is 13.8 Å². The van der Waals surface area contributed by atoms with Crippen molar-refractivity contribution in [2.75, 3.05) is 11.9 Å². The number of thiazole rings is 1. The van der Waals surface area contributed by atoms with E-state index in [-0.39, 0.29) is 18.5 Å². The molecule has 0 aliphatic carbocycles. The van der Waals surface area contributed by atoms with Gasteiger partial charge in [0.05, 0.1) is 12.6 Å². The summed E-state index contributed by atoms with van der Waals surface area (Å²) in [5.41, 5.74) is 2.73. The molecular weight excluding hydrogens is 306 g/mol. The Hall–Kier alpha value is -1.43. The van der Waals surface area contributed by atoms with E-state index >= 15 is 0 Å². The number of nitrogens with one attached hydrogen (secondary N) is 2. The summed E-state index contributed by atoms with van der Waals surface area (Å²) in [7, 11) is 0. The summed E-state index contributed by atoms with van der Waals surface area (Å²) in [5.74, 6) is -0.0968. The second kappa shape index (κ2) is 7.02. The van der Waals surface area contributed by atoms with Gasteiger partial charge in [-0.2, -0.15) is 0 Å². The molecule has 1 amide bonds. The maximum absolute atomic E-state index is 12.0. The van der Waals surface area contributed by atoms with E-state index in [1.807, 2.05) is 32.2 Å². The molecule has 0 aliphatic rings. The van der Waals surface area contributed by atoms with Crippen LogP contribution < -0.4 is 10.6 Å². The maximum atomic E-state index is 12.0. The summed E-state index contributed by atoms with van der Waals surface area (Å²) in [4.78, 5) is 16.4. The lowest BCUT2D eigenvalue weighted by Gasteiger charge is -2.12. The van der Waals surface area contributed by atoms with Crippen molar-refractivity contribution in [1.82, 2.24) is 10.3 Å². The van der Waals surface area contributed by atoms with Crippen molar-refractivity contribution >= 4 is 34.5 Å². The zero-order chi connectivity index (χ0) is 15.4. The van der Waals surface area contributed by atoms with Gasteiger partial charge in [-0.15, -0.1) is 11.3 Å². The molecule has 112 valence electrons. The highest BCUT2D eigenvalue weighted by atomic mass is 35.5. The first-order valence-electron chi connectivity index (χ1n) is 6.67. The molecule has 1 heterocycles. The average molecular weight is 324 g/mol. The number of rotatable bonds is 5. The molecule has 0 spiro atoms. The van der Waals surface area contributed by atoms with Gasteiger partial charge in [0.15, 0.2) is 0 Å². The fourth-order valence-electron chi connectivity index (χ4n) is 1.83. The predicted molar refractivity (Wildman–Crippen MR) is 88.1 cm³/mol. The van der Waals surface area contributed by atoms with Crippen molar-refractivity contribution in [3.63, 3.8) is 0 Å². The van der Waals surface area contributed by atoms with Gasteiger partial charge in [0.25, 0.3) is 0 Å². The van der Waals surface area contributed by atoms with Crippen molar-refractivity contribution < 1.29 is 4.79 Å². The molecule has 0 saturated heterocycles. The van der Waals surface area contributed by atoms with Crippen molar-refractivity contribution in [2.45, 2.75) is 26.8 Å². The number of halogens is 1. The molecule has 21 heavy (non-hydrogen) atoms. The fourth-order valence-corrected chi connectivity index (χ4v) is 2.83. The molecule has 4 nitrogen and oxygen atoms in total. The summed E-state index contributed by atoms with van der Waals surface area (Å²) < 4.78 is 0. The fraction of sp³-hybridized carbons (Fsp3) is 0.333. The van der Waals surface area contributed by atoms with Gasteiger partial charge in [-0.3, -0.25) is 10.1 Å². The molecule has 2 N–H and O–H groups in total. The standard InChI is InChI=1S/C15H18ClN3OS/c1-9-4-5-12(16)6-13(9)19-14(20)7-17-11(3)15-18-10(2)8-21-15/h4-6,8,11,17H,7H2,1-3H3,(H,19,20). The number of aromatic nitrogens is 1. The minimum absolute atomic E-state index is 0.0508. The Kier molecular flexibility index (Phi) is 5.33. The van der Waals surface area contributed by atoms with Crippen LogP contribution in [0.3, 0.4) is 0 Å². The summed E-state index contributed by atoms with van der Waals surface area (Å²) in [5, 5.41) is 9.62. The molecule has 6 heteroatoms. The van der Waals surface area contributed by atoms with Gasteiger partial charge in [0, 0.05) is 21.8 Å². The first-order chi connectivity index (χ1) is 9.95. The van der Waals surface area contributed by atoms with E-state index in [1.165, 1.54) is 0 Å². The summed E-state index contributed by atoms with van der Waals surface area (Å²) >= 11 is 7.53. The van der Waals surface area contributed by atoms with Gasteiger partial charge >= 0.3 is 0 Å². The number of carbonyl (C=O) groups is 1. The number of nitrogens with zero attached hydrogens (tertiary/aromatic N) is 1. The van der Waals surface area contributed by atoms with Crippen LogP contribution in [0.5, 0.6) is 0 Å². The Labute approximate surface area is 133 Å². The normalized spacial score (nSPS) is 12.2. The Morgan fingerprint density at radius 1 is 1.43 bits per heavy atom. The van der Waals surface area contributed by atoms with E-state index in [0.717, 1.165) is 22.0 Å². The Balaban J connectivity index is 1.89. The second-order valence-electron chi connectivity index (χ2n) is 4.94. The Morgan fingerprint density at radius 2 is 2.19 bits per heavy atom. The third-order valence-electron chi connectivity index (χ3n) is 3.05. The number of hydrogen-bond acceptors (Lipinski definition) is 4. The maximum Gasteiger partial charge on any atom is 0.238 e. The summed E-state index contributed by atoms with van der Waals surface area (Å²) in [6.07, 6.45) is 0. The van der Waals surface area contributed by atoms with E-state index in [2.05, 4.69) is 15.6 Å². The number of aryl methyl sites for hydroxylation is 2. The van der Waals surface area contributed by atoms with Gasteiger partial charge in [-0.25, -0.2) is 4.98 Å². The molecule has 2 aromatic rings. The van der Waals surface area contributed by atoms with Crippen LogP contribution >= 0.6 is 22.9 Å². The predicted octanol–water partition coefficient (Wildman–Crippen LogP) is 3.70. The van der Waals surface area contributed by atoms with Crippen LogP contribution in [0.25, 0.3) is 0 Å². The van der Waals surface area contributed by atoms with E-state index in [1.54, 1.807) is 23.5 Å². The zero-order valence-corrected chi connectivity index (χ0v) is 13.8. The highest BCUT2D eigenvalue weighted by Crippen LogP contribution is 2.20. The van der Waals surface area contributed by atoms with Crippen LogP contribution in [0.15, 0.2) is 23.6 Å². The molecule has 2 rings (SSSR count). The topological polar surface area (TPSA) is 54.0 Å². The molecule has 0 saturated carbocycles. The Morgan fingerprint density at radius 3 is 2.86 bits per heavy atom. The minimum atomic E-state index is -0.0968. The van der Waals surface area contributed by atoms with Gasteiger partial charge in [0.1, 0.15) is 5.01 Å². The first-order valence-corrected chi connectivity index (χ1v) is 7.93. The van der Waals surface area contributed by atoms with E-state index < -0.39 is 0 Å². The quantitative estimate of drug-likeness (QED) is 0.882. The third-order valence-corrected chi connectivity index (χ3v) is 4.43. The lowest BCUT2D eigenvalue weighted by Crippen LogP contribution is -2.30.